The Morgan fingerprint density at radius 1 is 1.25 bits per heavy atom. The molecule has 0 radical (unpaired) electrons. The number of rotatable bonds is 5. The van der Waals surface area contributed by atoms with Crippen LogP contribution < -0.4 is 4.74 Å². The average molecular weight is 326 g/mol. The van der Waals surface area contributed by atoms with E-state index < -0.39 is 5.97 Å². The molecule has 2 aromatic rings. The van der Waals surface area contributed by atoms with Crippen molar-refractivity contribution in [3.8, 4) is 5.75 Å². The summed E-state index contributed by atoms with van der Waals surface area (Å²) in [5.74, 6) is -0.0925. The Balaban J connectivity index is 1.94. The van der Waals surface area contributed by atoms with Gasteiger partial charge in [-0.05, 0) is 43.6 Å². The van der Waals surface area contributed by atoms with Gasteiger partial charge in [-0.25, -0.2) is 0 Å². The molecule has 1 N–H and O–H groups in total. The van der Waals surface area contributed by atoms with Gasteiger partial charge in [0, 0.05) is 18.0 Å². The molecule has 1 aromatic carbocycles. The van der Waals surface area contributed by atoms with Crippen molar-refractivity contribution in [1.29, 1.82) is 0 Å². The fourth-order valence-electron chi connectivity index (χ4n) is 3.42. The Morgan fingerprint density at radius 2 is 2.00 bits per heavy atom. The quantitative estimate of drug-likeness (QED) is 0.915. The minimum Gasteiger partial charge on any atom is -0.496 e. The zero-order chi connectivity index (χ0) is 16.9. The predicted octanol–water partition coefficient (Wildman–Crippen LogP) is 2.98. The monoisotopic (exact) mass is 326 g/mol. The van der Waals surface area contributed by atoms with Crippen LogP contribution in [0, 0.1) is 5.92 Å². The molecule has 5 heteroatoms. The molecule has 2 heterocycles. The second-order valence-electron chi connectivity index (χ2n) is 6.08. The maximum Gasteiger partial charge on any atom is 0.306 e. The second-order valence-corrected chi connectivity index (χ2v) is 6.08. The standard InChI is InChI=1S/C19H22N2O3/c1-24-17-7-3-2-6-16(17)18(15-5-4-10-20-13-15)21-11-8-14(9-12-21)19(22)23/h2-7,10,13-14,18H,8-9,11-12H2,1H3,(H,22,23). The summed E-state index contributed by atoms with van der Waals surface area (Å²) in [6, 6.07) is 12.0. The summed E-state index contributed by atoms with van der Waals surface area (Å²) < 4.78 is 5.56. The molecule has 1 aliphatic rings. The topological polar surface area (TPSA) is 62.7 Å². The Labute approximate surface area is 141 Å². The van der Waals surface area contributed by atoms with Gasteiger partial charge in [-0.1, -0.05) is 24.3 Å². The van der Waals surface area contributed by atoms with Crippen LogP contribution in [0.1, 0.15) is 30.0 Å². The van der Waals surface area contributed by atoms with E-state index >= 15 is 0 Å². The van der Waals surface area contributed by atoms with Gasteiger partial charge in [-0.3, -0.25) is 14.7 Å². The highest BCUT2D eigenvalue weighted by molar-refractivity contribution is 5.70. The molecular weight excluding hydrogens is 304 g/mol. The van der Waals surface area contributed by atoms with E-state index in [1.807, 2.05) is 30.5 Å². The summed E-state index contributed by atoms with van der Waals surface area (Å²) in [6.45, 7) is 1.49. The number of piperidine rings is 1. The minimum absolute atomic E-state index is 0.0181. The first kappa shape index (κ1) is 16.5. The largest absolute Gasteiger partial charge is 0.496 e. The van der Waals surface area contributed by atoms with Gasteiger partial charge in [0.15, 0.2) is 0 Å². The van der Waals surface area contributed by atoms with E-state index in [0.29, 0.717) is 12.8 Å². The SMILES string of the molecule is COc1ccccc1C(c1cccnc1)N1CCC(C(=O)O)CC1. The molecule has 0 aliphatic carbocycles. The van der Waals surface area contributed by atoms with Crippen molar-refractivity contribution in [2.75, 3.05) is 20.2 Å². The van der Waals surface area contributed by atoms with Crippen molar-refractivity contribution in [3.05, 3.63) is 59.9 Å². The molecule has 1 fully saturated rings. The fraction of sp³-hybridized carbons (Fsp3) is 0.368. The van der Waals surface area contributed by atoms with Crippen LogP contribution in [0.4, 0.5) is 0 Å². The maximum atomic E-state index is 11.2. The van der Waals surface area contributed by atoms with Crippen molar-refractivity contribution in [1.82, 2.24) is 9.88 Å². The van der Waals surface area contributed by atoms with E-state index in [1.54, 1.807) is 13.3 Å². The highest BCUT2D eigenvalue weighted by atomic mass is 16.5. The molecule has 126 valence electrons. The van der Waals surface area contributed by atoms with E-state index in [2.05, 4.69) is 22.0 Å². The number of hydrogen-bond acceptors (Lipinski definition) is 4. The van der Waals surface area contributed by atoms with E-state index in [-0.39, 0.29) is 12.0 Å². The number of aliphatic carboxylic acids is 1. The van der Waals surface area contributed by atoms with Crippen molar-refractivity contribution in [2.24, 2.45) is 5.92 Å². The van der Waals surface area contributed by atoms with Gasteiger partial charge in [0.25, 0.3) is 0 Å². The Hall–Kier alpha value is -2.40. The molecule has 1 saturated heterocycles. The number of carboxylic acid groups (broad SMARTS) is 1. The van der Waals surface area contributed by atoms with Crippen LogP contribution in [0.5, 0.6) is 5.75 Å². The van der Waals surface area contributed by atoms with Gasteiger partial charge < -0.3 is 9.84 Å². The van der Waals surface area contributed by atoms with Crippen LogP contribution in [0.25, 0.3) is 0 Å². The first-order chi connectivity index (χ1) is 11.7. The molecule has 24 heavy (non-hydrogen) atoms. The number of hydrogen-bond donors (Lipinski definition) is 1. The van der Waals surface area contributed by atoms with Gasteiger partial charge in [-0.15, -0.1) is 0 Å². The first-order valence-corrected chi connectivity index (χ1v) is 8.20. The fourth-order valence-corrected chi connectivity index (χ4v) is 3.42. The summed E-state index contributed by atoms with van der Waals surface area (Å²) in [5.41, 5.74) is 2.18. The normalized spacial score (nSPS) is 17.4. The van der Waals surface area contributed by atoms with Gasteiger partial charge in [0.2, 0.25) is 0 Å². The van der Waals surface area contributed by atoms with Crippen LogP contribution in [0.15, 0.2) is 48.8 Å². The molecule has 1 unspecified atom stereocenters. The van der Waals surface area contributed by atoms with Gasteiger partial charge in [-0.2, -0.15) is 0 Å². The van der Waals surface area contributed by atoms with E-state index in [4.69, 9.17) is 4.74 Å². The lowest BCUT2D eigenvalue weighted by atomic mass is 9.91. The van der Waals surface area contributed by atoms with E-state index in [9.17, 15) is 9.90 Å². The number of pyridine rings is 1. The Bertz CT molecular complexity index is 682. The lowest BCUT2D eigenvalue weighted by Crippen LogP contribution is -2.39. The third-order valence-corrected chi connectivity index (χ3v) is 4.68. The number of carboxylic acids is 1. The van der Waals surface area contributed by atoms with Crippen molar-refractivity contribution < 1.29 is 14.6 Å². The maximum absolute atomic E-state index is 11.2. The lowest BCUT2D eigenvalue weighted by Gasteiger charge is -2.37. The molecule has 1 aliphatic heterocycles. The zero-order valence-corrected chi connectivity index (χ0v) is 13.8. The van der Waals surface area contributed by atoms with Gasteiger partial charge in [0.05, 0.1) is 19.1 Å². The molecule has 3 rings (SSSR count). The van der Waals surface area contributed by atoms with Crippen LogP contribution in [-0.2, 0) is 4.79 Å². The smallest absolute Gasteiger partial charge is 0.306 e. The zero-order valence-electron chi connectivity index (χ0n) is 13.8. The number of ether oxygens (including phenoxy) is 1. The van der Waals surface area contributed by atoms with Crippen LogP contribution in [0.2, 0.25) is 0 Å². The highest BCUT2D eigenvalue weighted by Crippen LogP contribution is 2.36. The highest BCUT2D eigenvalue weighted by Gasteiger charge is 2.31. The Kier molecular flexibility index (Phi) is 5.11. The third kappa shape index (κ3) is 3.41. The van der Waals surface area contributed by atoms with Crippen molar-refractivity contribution >= 4 is 5.97 Å². The van der Waals surface area contributed by atoms with Gasteiger partial charge in [0.1, 0.15) is 5.75 Å². The predicted molar refractivity (Wildman–Crippen MR) is 91.0 cm³/mol. The summed E-state index contributed by atoms with van der Waals surface area (Å²) >= 11 is 0. The van der Waals surface area contributed by atoms with Crippen molar-refractivity contribution in [3.63, 3.8) is 0 Å². The molecule has 0 saturated carbocycles. The molecule has 0 spiro atoms. The molecule has 1 aromatic heterocycles. The van der Waals surface area contributed by atoms with Crippen LogP contribution in [0.3, 0.4) is 0 Å². The Morgan fingerprint density at radius 3 is 2.62 bits per heavy atom. The third-order valence-electron chi connectivity index (χ3n) is 4.68. The number of para-hydroxylation sites is 1. The van der Waals surface area contributed by atoms with Crippen LogP contribution >= 0.6 is 0 Å². The number of methoxy groups -OCH3 is 1. The summed E-state index contributed by atoms with van der Waals surface area (Å²) in [6.07, 6.45) is 4.97. The number of carbonyl (C=O) groups is 1. The lowest BCUT2D eigenvalue weighted by molar-refractivity contribution is -0.143. The minimum atomic E-state index is -0.690. The van der Waals surface area contributed by atoms with Gasteiger partial charge >= 0.3 is 5.97 Å². The van der Waals surface area contributed by atoms with Crippen LogP contribution in [-0.4, -0.2) is 41.2 Å². The average Bonchev–Trinajstić information content (AvgIpc) is 2.64. The molecule has 1 atom stereocenters. The summed E-state index contributed by atoms with van der Waals surface area (Å²) in [4.78, 5) is 17.8. The van der Waals surface area contributed by atoms with E-state index in [1.165, 1.54) is 0 Å². The molecular formula is C19H22N2O3. The van der Waals surface area contributed by atoms with E-state index in [0.717, 1.165) is 30.0 Å². The number of nitrogens with zero attached hydrogens (tertiary/aromatic N) is 2. The number of aromatic nitrogens is 1. The number of benzene rings is 1. The van der Waals surface area contributed by atoms with Crippen molar-refractivity contribution in [2.45, 2.75) is 18.9 Å². The first-order valence-electron chi connectivity index (χ1n) is 8.20. The summed E-state index contributed by atoms with van der Waals surface area (Å²) in [5, 5.41) is 9.23. The molecule has 0 amide bonds. The number of likely N-dealkylation sites (tertiary alicyclic amines) is 1. The second kappa shape index (κ2) is 7.45. The molecule has 0 bridgehead atoms. The molecule has 5 nitrogen and oxygen atoms in total. The summed E-state index contributed by atoms with van der Waals surface area (Å²) in [7, 11) is 1.68.